The number of benzene rings is 2. The van der Waals surface area contributed by atoms with Gasteiger partial charge in [0.1, 0.15) is 0 Å². The van der Waals surface area contributed by atoms with Gasteiger partial charge in [0.15, 0.2) is 0 Å². The SMILES string of the molecule is Cc1ccc(Br)cc1NC(=O)c1cccc([N+](=O)[O-])c1C. The zero-order chi connectivity index (χ0) is 15.6. The van der Waals surface area contributed by atoms with E-state index < -0.39 is 4.92 Å². The number of hydrogen-bond acceptors (Lipinski definition) is 3. The lowest BCUT2D eigenvalue weighted by molar-refractivity contribution is -0.385. The number of carbonyl (C=O) groups excluding carboxylic acids is 1. The molecule has 0 unspecified atom stereocenters. The Balaban J connectivity index is 2.35. The molecular weight excluding hydrogens is 336 g/mol. The monoisotopic (exact) mass is 348 g/mol. The Kier molecular flexibility index (Phi) is 4.37. The van der Waals surface area contributed by atoms with Crippen molar-refractivity contribution in [3.63, 3.8) is 0 Å². The number of halogens is 1. The Morgan fingerprint density at radius 3 is 2.62 bits per heavy atom. The molecule has 0 aromatic heterocycles. The van der Waals surface area contributed by atoms with Crippen molar-refractivity contribution in [3.8, 4) is 0 Å². The number of amides is 1. The van der Waals surface area contributed by atoms with E-state index in [2.05, 4.69) is 21.2 Å². The van der Waals surface area contributed by atoms with Crippen LogP contribution in [0, 0.1) is 24.0 Å². The summed E-state index contributed by atoms with van der Waals surface area (Å²) in [6.45, 7) is 3.45. The fourth-order valence-corrected chi connectivity index (χ4v) is 2.35. The molecule has 0 aliphatic rings. The van der Waals surface area contributed by atoms with E-state index in [0.717, 1.165) is 10.0 Å². The Labute approximate surface area is 130 Å². The van der Waals surface area contributed by atoms with Gasteiger partial charge in [0.25, 0.3) is 11.6 Å². The van der Waals surface area contributed by atoms with Gasteiger partial charge in [-0.25, -0.2) is 0 Å². The van der Waals surface area contributed by atoms with Crippen LogP contribution >= 0.6 is 15.9 Å². The first kappa shape index (κ1) is 15.2. The van der Waals surface area contributed by atoms with Crippen LogP contribution < -0.4 is 5.32 Å². The smallest absolute Gasteiger partial charge is 0.273 e. The maximum atomic E-state index is 12.3. The summed E-state index contributed by atoms with van der Waals surface area (Å²) in [6.07, 6.45) is 0. The van der Waals surface area contributed by atoms with Gasteiger partial charge in [0.05, 0.1) is 4.92 Å². The minimum absolute atomic E-state index is 0.0615. The Hall–Kier alpha value is -2.21. The van der Waals surface area contributed by atoms with E-state index >= 15 is 0 Å². The van der Waals surface area contributed by atoms with Crippen LogP contribution in [0.2, 0.25) is 0 Å². The van der Waals surface area contributed by atoms with E-state index in [4.69, 9.17) is 0 Å². The molecule has 6 heteroatoms. The Bertz CT molecular complexity index is 729. The molecule has 2 aromatic carbocycles. The summed E-state index contributed by atoms with van der Waals surface area (Å²) in [5.41, 5.74) is 2.17. The first-order valence-corrected chi connectivity index (χ1v) is 7.01. The normalized spacial score (nSPS) is 10.2. The highest BCUT2D eigenvalue weighted by Crippen LogP contribution is 2.24. The van der Waals surface area contributed by atoms with Gasteiger partial charge in [0.2, 0.25) is 0 Å². The van der Waals surface area contributed by atoms with Crippen molar-refractivity contribution in [2.24, 2.45) is 0 Å². The minimum Gasteiger partial charge on any atom is -0.322 e. The van der Waals surface area contributed by atoms with E-state index in [1.165, 1.54) is 12.1 Å². The molecule has 0 saturated carbocycles. The van der Waals surface area contributed by atoms with Crippen LogP contribution in [0.25, 0.3) is 0 Å². The lowest BCUT2D eigenvalue weighted by atomic mass is 10.1. The summed E-state index contributed by atoms with van der Waals surface area (Å²) >= 11 is 3.35. The average molecular weight is 349 g/mol. The molecule has 2 aromatic rings. The third kappa shape index (κ3) is 3.28. The summed E-state index contributed by atoms with van der Waals surface area (Å²) in [5, 5.41) is 13.7. The number of nitrogens with zero attached hydrogens (tertiary/aromatic N) is 1. The Morgan fingerprint density at radius 1 is 1.24 bits per heavy atom. The fraction of sp³-hybridized carbons (Fsp3) is 0.133. The molecule has 5 nitrogen and oxygen atoms in total. The molecule has 0 radical (unpaired) electrons. The minimum atomic E-state index is -0.490. The molecule has 0 aliphatic heterocycles. The molecule has 0 atom stereocenters. The summed E-state index contributed by atoms with van der Waals surface area (Å²) in [6, 6.07) is 10.0. The molecule has 0 bridgehead atoms. The zero-order valence-corrected chi connectivity index (χ0v) is 13.1. The topological polar surface area (TPSA) is 72.2 Å². The van der Waals surface area contributed by atoms with Crippen LogP contribution in [0.5, 0.6) is 0 Å². The van der Waals surface area contributed by atoms with Gasteiger partial charge >= 0.3 is 0 Å². The van der Waals surface area contributed by atoms with E-state index in [1.807, 2.05) is 19.1 Å². The van der Waals surface area contributed by atoms with Gasteiger partial charge in [-0.05, 0) is 37.6 Å². The predicted molar refractivity (Wildman–Crippen MR) is 84.7 cm³/mol. The third-order valence-corrected chi connectivity index (χ3v) is 3.69. The van der Waals surface area contributed by atoms with Crippen LogP contribution in [-0.2, 0) is 0 Å². The Morgan fingerprint density at radius 2 is 1.95 bits per heavy atom. The molecule has 0 spiro atoms. The number of nitrogens with one attached hydrogen (secondary N) is 1. The summed E-state index contributed by atoms with van der Waals surface area (Å²) in [5.74, 6) is -0.364. The van der Waals surface area contributed by atoms with Crippen molar-refractivity contribution in [3.05, 3.63) is 67.7 Å². The second kappa shape index (κ2) is 6.05. The van der Waals surface area contributed by atoms with Crippen molar-refractivity contribution < 1.29 is 9.72 Å². The van der Waals surface area contributed by atoms with E-state index in [-0.39, 0.29) is 11.6 Å². The van der Waals surface area contributed by atoms with Crippen molar-refractivity contribution >= 4 is 33.2 Å². The molecule has 1 N–H and O–H groups in total. The first-order valence-electron chi connectivity index (χ1n) is 6.21. The number of nitro groups is 1. The van der Waals surface area contributed by atoms with Crippen molar-refractivity contribution in [2.75, 3.05) is 5.32 Å². The highest BCUT2D eigenvalue weighted by atomic mass is 79.9. The standard InChI is InChI=1S/C15H13BrN2O3/c1-9-6-7-11(16)8-13(9)17-15(19)12-4-3-5-14(10(12)2)18(20)21/h3-8H,1-2H3,(H,17,19). The molecule has 0 saturated heterocycles. The molecule has 21 heavy (non-hydrogen) atoms. The van der Waals surface area contributed by atoms with Gasteiger partial charge in [0, 0.05) is 27.4 Å². The fourth-order valence-electron chi connectivity index (χ4n) is 1.99. The number of aryl methyl sites for hydroxylation is 1. The molecule has 2 rings (SSSR count). The maximum Gasteiger partial charge on any atom is 0.273 e. The number of carbonyl (C=O) groups is 1. The number of nitro benzene ring substituents is 1. The highest BCUT2D eigenvalue weighted by Gasteiger charge is 2.18. The van der Waals surface area contributed by atoms with Crippen molar-refractivity contribution in [1.29, 1.82) is 0 Å². The lowest BCUT2D eigenvalue weighted by Crippen LogP contribution is -2.14. The van der Waals surface area contributed by atoms with Gasteiger partial charge in [-0.3, -0.25) is 14.9 Å². The zero-order valence-electron chi connectivity index (χ0n) is 11.5. The third-order valence-electron chi connectivity index (χ3n) is 3.19. The number of rotatable bonds is 3. The highest BCUT2D eigenvalue weighted by molar-refractivity contribution is 9.10. The quantitative estimate of drug-likeness (QED) is 0.666. The maximum absolute atomic E-state index is 12.3. The number of anilines is 1. The second-order valence-corrected chi connectivity index (χ2v) is 5.54. The van der Waals surface area contributed by atoms with E-state index in [0.29, 0.717) is 16.8 Å². The molecule has 0 fully saturated rings. The van der Waals surface area contributed by atoms with Crippen LogP contribution in [-0.4, -0.2) is 10.8 Å². The largest absolute Gasteiger partial charge is 0.322 e. The number of hydrogen-bond donors (Lipinski definition) is 1. The molecule has 1 amide bonds. The first-order chi connectivity index (χ1) is 9.90. The molecule has 0 aliphatic carbocycles. The van der Waals surface area contributed by atoms with Gasteiger partial charge in [-0.2, -0.15) is 0 Å². The van der Waals surface area contributed by atoms with Gasteiger partial charge < -0.3 is 5.32 Å². The van der Waals surface area contributed by atoms with Crippen molar-refractivity contribution in [2.45, 2.75) is 13.8 Å². The lowest BCUT2D eigenvalue weighted by Gasteiger charge is -2.10. The molecule has 108 valence electrons. The summed E-state index contributed by atoms with van der Waals surface area (Å²) < 4.78 is 0.846. The van der Waals surface area contributed by atoms with Crippen LogP contribution in [0.15, 0.2) is 40.9 Å². The predicted octanol–water partition coefficient (Wildman–Crippen LogP) is 4.23. The molecule has 0 heterocycles. The van der Waals surface area contributed by atoms with E-state index in [1.54, 1.807) is 19.1 Å². The van der Waals surface area contributed by atoms with Gasteiger partial charge in [-0.1, -0.05) is 28.1 Å². The van der Waals surface area contributed by atoms with Gasteiger partial charge in [-0.15, -0.1) is 0 Å². The van der Waals surface area contributed by atoms with Crippen LogP contribution in [0.4, 0.5) is 11.4 Å². The average Bonchev–Trinajstić information content (AvgIpc) is 2.42. The van der Waals surface area contributed by atoms with E-state index in [9.17, 15) is 14.9 Å². The second-order valence-electron chi connectivity index (χ2n) is 4.62. The summed E-state index contributed by atoms with van der Waals surface area (Å²) in [7, 11) is 0. The van der Waals surface area contributed by atoms with Crippen LogP contribution in [0.3, 0.4) is 0 Å². The van der Waals surface area contributed by atoms with Crippen molar-refractivity contribution in [1.82, 2.24) is 0 Å². The summed E-state index contributed by atoms with van der Waals surface area (Å²) in [4.78, 5) is 22.8. The molecular formula is C15H13BrN2O3. The van der Waals surface area contributed by atoms with Crippen LogP contribution in [0.1, 0.15) is 21.5 Å².